The molecule has 0 spiro atoms. The SMILES string of the molecule is CC(CC(=O)O)C(=O)Nc1ccc2c(c1)CC(=O)N2. The van der Waals surface area contributed by atoms with Crippen LogP contribution in [0.25, 0.3) is 0 Å². The second kappa shape index (κ2) is 5.09. The van der Waals surface area contributed by atoms with E-state index in [2.05, 4.69) is 10.6 Å². The maximum atomic E-state index is 11.8. The number of carboxylic acid groups (broad SMARTS) is 1. The molecule has 0 bridgehead atoms. The van der Waals surface area contributed by atoms with Gasteiger partial charge in [0.1, 0.15) is 0 Å². The number of amides is 2. The van der Waals surface area contributed by atoms with Crippen LogP contribution in [0.15, 0.2) is 18.2 Å². The Hall–Kier alpha value is -2.37. The molecule has 0 fully saturated rings. The lowest BCUT2D eigenvalue weighted by Crippen LogP contribution is -2.22. The largest absolute Gasteiger partial charge is 0.481 e. The van der Waals surface area contributed by atoms with Crippen LogP contribution in [0.5, 0.6) is 0 Å². The molecular formula is C13H14N2O4. The lowest BCUT2D eigenvalue weighted by Gasteiger charge is -2.11. The predicted octanol–water partition coefficient (Wildman–Crippen LogP) is 1.23. The summed E-state index contributed by atoms with van der Waals surface area (Å²) in [7, 11) is 0. The van der Waals surface area contributed by atoms with E-state index in [-0.39, 0.29) is 18.2 Å². The van der Waals surface area contributed by atoms with E-state index in [9.17, 15) is 14.4 Å². The fourth-order valence-electron chi connectivity index (χ4n) is 1.93. The Morgan fingerprint density at radius 3 is 2.89 bits per heavy atom. The molecule has 0 radical (unpaired) electrons. The van der Waals surface area contributed by atoms with Gasteiger partial charge >= 0.3 is 5.97 Å². The summed E-state index contributed by atoms with van der Waals surface area (Å²) in [6.07, 6.45) is 0.0839. The Labute approximate surface area is 109 Å². The topological polar surface area (TPSA) is 95.5 Å². The predicted molar refractivity (Wildman–Crippen MR) is 68.8 cm³/mol. The number of nitrogens with one attached hydrogen (secondary N) is 2. The molecule has 6 heteroatoms. The van der Waals surface area contributed by atoms with Gasteiger partial charge in [0.2, 0.25) is 11.8 Å². The second-order valence-corrected chi connectivity index (χ2v) is 4.59. The Morgan fingerprint density at radius 2 is 2.21 bits per heavy atom. The number of anilines is 2. The highest BCUT2D eigenvalue weighted by Crippen LogP contribution is 2.26. The smallest absolute Gasteiger partial charge is 0.304 e. The molecular weight excluding hydrogens is 248 g/mol. The molecule has 0 aromatic heterocycles. The number of hydrogen-bond donors (Lipinski definition) is 3. The summed E-state index contributed by atoms with van der Waals surface area (Å²) in [6.45, 7) is 1.56. The Balaban J connectivity index is 2.04. The summed E-state index contributed by atoms with van der Waals surface area (Å²) in [4.78, 5) is 33.5. The molecule has 1 aromatic carbocycles. The molecule has 1 aliphatic heterocycles. The fourth-order valence-corrected chi connectivity index (χ4v) is 1.93. The molecule has 19 heavy (non-hydrogen) atoms. The fraction of sp³-hybridized carbons (Fsp3) is 0.308. The summed E-state index contributed by atoms with van der Waals surface area (Å²) in [5.74, 6) is -2.03. The van der Waals surface area contributed by atoms with Crippen molar-refractivity contribution in [3.8, 4) is 0 Å². The molecule has 1 heterocycles. The molecule has 0 saturated heterocycles. The summed E-state index contributed by atoms with van der Waals surface area (Å²) < 4.78 is 0. The van der Waals surface area contributed by atoms with Gasteiger partial charge < -0.3 is 15.7 Å². The standard InChI is InChI=1S/C13H14N2O4/c1-7(4-12(17)18)13(19)14-9-2-3-10-8(5-9)6-11(16)15-10/h2-3,5,7H,4,6H2,1H3,(H,14,19)(H,15,16)(H,17,18). The summed E-state index contributed by atoms with van der Waals surface area (Å²) >= 11 is 0. The van der Waals surface area contributed by atoms with Gasteiger partial charge in [0.05, 0.1) is 12.8 Å². The van der Waals surface area contributed by atoms with Crippen LogP contribution in [0.4, 0.5) is 11.4 Å². The van der Waals surface area contributed by atoms with Crippen LogP contribution >= 0.6 is 0 Å². The highest BCUT2D eigenvalue weighted by atomic mass is 16.4. The van der Waals surface area contributed by atoms with Crippen molar-refractivity contribution in [1.82, 2.24) is 0 Å². The molecule has 1 aliphatic rings. The molecule has 2 rings (SSSR count). The molecule has 1 aromatic rings. The molecule has 0 aliphatic carbocycles. The minimum absolute atomic E-state index is 0.0716. The van der Waals surface area contributed by atoms with Crippen molar-refractivity contribution in [3.63, 3.8) is 0 Å². The maximum Gasteiger partial charge on any atom is 0.304 e. The van der Waals surface area contributed by atoms with E-state index < -0.39 is 11.9 Å². The van der Waals surface area contributed by atoms with Crippen molar-refractivity contribution in [2.24, 2.45) is 5.92 Å². The van der Waals surface area contributed by atoms with Gasteiger partial charge in [-0.1, -0.05) is 6.92 Å². The van der Waals surface area contributed by atoms with Gasteiger partial charge in [-0.3, -0.25) is 14.4 Å². The van der Waals surface area contributed by atoms with Gasteiger partial charge in [-0.25, -0.2) is 0 Å². The molecule has 6 nitrogen and oxygen atoms in total. The minimum atomic E-state index is -1.01. The van der Waals surface area contributed by atoms with Crippen LogP contribution in [0.2, 0.25) is 0 Å². The number of carbonyl (C=O) groups is 3. The summed E-state index contributed by atoms with van der Waals surface area (Å²) in [6, 6.07) is 5.12. The van der Waals surface area contributed by atoms with Crippen LogP contribution < -0.4 is 10.6 Å². The first-order chi connectivity index (χ1) is 8.95. The average molecular weight is 262 g/mol. The Bertz CT molecular complexity index is 554. The van der Waals surface area contributed by atoms with Crippen molar-refractivity contribution < 1.29 is 19.5 Å². The number of rotatable bonds is 4. The highest BCUT2D eigenvalue weighted by molar-refractivity contribution is 6.00. The van der Waals surface area contributed by atoms with Crippen molar-refractivity contribution in [1.29, 1.82) is 0 Å². The minimum Gasteiger partial charge on any atom is -0.481 e. The molecule has 100 valence electrons. The van der Waals surface area contributed by atoms with Gasteiger partial charge in [0.25, 0.3) is 0 Å². The van der Waals surface area contributed by atoms with Crippen molar-refractivity contribution in [3.05, 3.63) is 23.8 Å². The molecule has 2 amide bonds. The zero-order valence-electron chi connectivity index (χ0n) is 10.4. The quantitative estimate of drug-likeness (QED) is 0.760. The van der Waals surface area contributed by atoms with E-state index >= 15 is 0 Å². The summed E-state index contributed by atoms with van der Waals surface area (Å²) in [5, 5.41) is 14.0. The molecule has 1 atom stereocenters. The normalized spacial score (nSPS) is 14.5. The first-order valence-corrected chi connectivity index (χ1v) is 5.91. The number of fused-ring (bicyclic) bond motifs is 1. The van der Waals surface area contributed by atoms with Crippen LogP contribution in [-0.4, -0.2) is 22.9 Å². The van der Waals surface area contributed by atoms with E-state index in [4.69, 9.17) is 5.11 Å². The Kier molecular flexibility index (Phi) is 3.50. The van der Waals surface area contributed by atoms with Gasteiger partial charge in [0.15, 0.2) is 0 Å². The van der Waals surface area contributed by atoms with E-state index in [0.717, 1.165) is 11.3 Å². The zero-order chi connectivity index (χ0) is 14.0. The van der Waals surface area contributed by atoms with Crippen LogP contribution in [0.1, 0.15) is 18.9 Å². The Morgan fingerprint density at radius 1 is 1.47 bits per heavy atom. The van der Waals surface area contributed by atoms with Gasteiger partial charge in [-0.15, -0.1) is 0 Å². The van der Waals surface area contributed by atoms with Crippen molar-refractivity contribution >= 4 is 29.2 Å². The lowest BCUT2D eigenvalue weighted by atomic mass is 10.1. The number of benzene rings is 1. The van der Waals surface area contributed by atoms with Gasteiger partial charge in [0, 0.05) is 17.3 Å². The van der Waals surface area contributed by atoms with Crippen molar-refractivity contribution in [2.45, 2.75) is 19.8 Å². The third-order valence-corrected chi connectivity index (χ3v) is 2.93. The van der Waals surface area contributed by atoms with Gasteiger partial charge in [-0.05, 0) is 23.8 Å². The maximum absolute atomic E-state index is 11.8. The number of carbonyl (C=O) groups excluding carboxylic acids is 2. The van der Waals surface area contributed by atoms with E-state index in [1.54, 1.807) is 25.1 Å². The van der Waals surface area contributed by atoms with Crippen LogP contribution in [0, 0.1) is 5.92 Å². The average Bonchev–Trinajstić information content (AvgIpc) is 2.67. The van der Waals surface area contributed by atoms with E-state index in [0.29, 0.717) is 12.1 Å². The summed E-state index contributed by atoms with van der Waals surface area (Å²) in [5.41, 5.74) is 2.15. The van der Waals surface area contributed by atoms with Crippen molar-refractivity contribution in [2.75, 3.05) is 10.6 Å². The second-order valence-electron chi connectivity index (χ2n) is 4.59. The molecule has 3 N–H and O–H groups in total. The highest BCUT2D eigenvalue weighted by Gasteiger charge is 2.20. The van der Waals surface area contributed by atoms with Crippen LogP contribution in [-0.2, 0) is 20.8 Å². The number of hydrogen-bond acceptors (Lipinski definition) is 3. The monoisotopic (exact) mass is 262 g/mol. The third-order valence-electron chi connectivity index (χ3n) is 2.93. The van der Waals surface area contributed by atoms with Crippen LogP contribution in [0.3, 0.4) is 0 Å². The van der Waals surface area contributed by atoms with Gasteiger partial charge in [-0.2, -0.15) is 0 Å². The van der Waals surface area contributed by atoms with E-state index in [1.165, 1.54) is 0 Å². The number of aliphatic carboxylic acids is 1. The zero-order valence-corrected chi connectivity index (χ0v) is 10.4. The first-order valence-electron chi connectivity index (χ1n) is 5.91. The van der Waals surface area contributed by atoms with E-state index in [1.807, 2.05) is 0 Å². The number of carboxylic acids is 1. The third kappa shape index (κ3) is 3.09. The first kappa shape index (κ1) is 13.1. The molecule has 0 saturated carbocycles. The lowest BCUT2D eigenvalue weighted by molar-refractivity contribution is -0.139. The molecule has 1 unspecified atom stereocenters.